The summed E-state index contributed by atoms with van der Waals surface area (Å²) in [6, 6.07) is 7.97. The highest BCUT2D eigenvalue weighted by atomic mass is 19.3. The summed E-state index contributed by atoms with van der Waals surface area (Å²) in [5.41, 5.74) is 3.20. The zero-order valence-corrected chi connectivity index (χ0v) is 23.1. The van der Waals surface area contributed by atoms with Gasteiger partial charge in [0.1, 0.15) is 5.69 Å². The average Bonchev–Trinajstić information content (AvgIpc) is 3.53. The third-order valence-corrected chi connectivity index (χ3v) is 6.86. The van der Waals surface area contributed by atoms with Crippen LogP contribution in [0.2, 0.25) is 0 Å². The van der Waals surface area contributed by atoms with E-state index >= 15 is 4.39 Å². The molecule has 10 nitrogen and oxygen atoms in total. The first-order valence-corrected chi connectivity index (χ1v) is 12.9. The number of methoxy groups -OCH3 is 2. The summed E-state index contributed by atoms with van der Waals surface area (Å²) >= 11 is 0. The molecule has 0 atom stereocenters. The second-order valence-electron chi connectivity index (χ2n) is 10.1. The number of amides is 1. The van der Waals surface area contributed by atoms with Gasteiger partial charge in [0, 0.05) is 37.5 Å². The summed E-state index contributed by atoms with van der Waals surface area (Å²) in [6.07, 6.45) is 3.21. The number of aryl methyl sites for hydroxylation is 1. The van der Waals surface area contributed by atoms with Gasteiger partial charge in [-0.2, -0.15) is 13.9 Å². The van der Waals surface area contributed by atoms with Crippen molar-refractivity contribution in [2.24, 2.45) is 0 Å². The van der Waals surface area contributed by atoms with Gasteiger partial charge in [-0.15, -0.1) is 5.10 Å². The van der Waals surface area contributed by atoms with Crippen LogP contribution >= 0.6 is 0 Å². The van der Waals surface area contributed by atoms with Crippen molar-refractivity contribution in [1.82, 2.24) is 35.0 Å². The fraction of sp³-hybridized carbons (Fsp3) is 0.357. The molecular formula is C28H30F3N7O3. The number of nitrogens with zero attached hydrogens (tertiary/aromatic N) is 6. The number of carbonyl (C=O) groups excluding carboxylic acids is 1. The Balaban J connectivity index is 1.38. The topological polar surface area (TPSA) is 99.3 Å². The van der Waals surface area contributed by atoms with Crippen LogP contribution in [0.15, 0.2) is 42.7 Å². The number of alkyl halides is 2. The fourth-order valence-corrected chi connectivity index (χ4v) is 5.03. The molecule has 0 unspecified atom stereocenters. The maximum absolute atomic E-state index is 15.3. The lowest BCUT2D eigenvalue weighted by atomic mass is 9.95. The number of fused-ring (bicyclic) bond motifs is 1. The zero-order valence-electron chi connectivity index (χ0n) is 23.1. The second kappa shape index (κ2) is 11.3. The predicted molar refractivity (Wildman–Crippen MR) is 142 cm³/mol. The highest BCUT2D eigenvalue weighted by Gasteiger charge is 2.39. The van der Waals surface area contributed by atoms with Crippen molar-refractivity contribution in [3.63, 3.8) is 0 Å². The highest BCUT2D eigenvalue weighted by Crippen LogP contribution is 2.36. The molecular weight excluding hydrogens is 539 g/mol. The largest absolute Gasteiger partial charge is 0.494 e. The number of benzene rings is 2. The number of halogens is 3. The molecule has 5 rings (SSSR count). The van der Waals surface area contributed by atoms with Crippen molar-refractivity contribution in [1.29, 1.82) is 0 Å². The van der Waals surface area contributed by atoms with Gasteiger partial charge in [0.05, 0.1) is 49.9 Å². The summed E-state index contributed by atoms with van der Waals surface area (Å²) in [6.45, 7) is 2.01. The molecule has 3 heterocycles. The molecule has 216 valence electrons. The molecule has 0 bridgehead atoms. The van der Waals surface area contributed by atoms with Crippen LogP contribution in [0.25, 0.3) is 5.69 Å². The van der Waals surface area contributed by atoms with Gasteiger partial charge in [0.15, 0.2) is 11.6 Å². The first-order chi connectivity index (χ1) is 19.6. The molecule has 0 saturated heterocycles. The number of likely N-dealkylation sites (N-methyl/N-ethyl adjacent to an activating group) is 1. The Morgan fingerprint density at radius 2 is 1.98 bits per heavy atom. The van der Waals surface area contributed by atoms with Gasteiger partial charge < -0.3 is 14.8 Å². The van der Waals surface area contributed by atoms with E-state index in [9.17, 15) is 13.6 Å². The monoisotopic (exact) mass is 569 g/mol. The molecule has 13 heteroatoms. The summed E-state index contributed by atoms with van der Waals surface area (Å²) in [7, 11) is 4.50. The fourth-order valence-electron chi connectivity index (χ4n) is 5.03. The molecule has 1 aliphatic heterocycles. The molecule has 41 heavy (non-hydrogen) atoms. The van der Waals surface area contributed by atoms with Gasteiger partial charge in [-0.05, 0) is 37.2 Å². The smallest absolute Gasteiger partial charge is 0.285 e. The normalized spacial score (nSPS) is 14.6. The lowest BCUT2D eigenvalue weighted by molar-refractivity contribution is -0.0455. The van der Waals surface area contributed by atoms with Crippen LogP contribution in [0.5, 0.6) is 5.75 Å². The molecule has 0 aliphatic carbocycles. The van der Waals surface area contributed by atoms with Crippen LogP contribution in [0.4, 0.5) is 13.2 Å². The third-order valence-electron chi connectivity index (χ3n) is 6.86. The lowest BCUT2D eigenvalue weighted by Gasteiger charge is -2.32. The second-order valence-corrected chi connectivity index (χ2v) is 10.1. The van der Waals surface area contributed by atoms with Crippen LogP contribution in [-0.2, 0) is 36.9 Å². The van der Waals surface area contributed by atoms with Gasteiger partial charge >= 0.3 is 0 Å². The van der Waals surface area contributed by atoms with E-state index in [-0.39, 0.29) is 48.7 Å². The number of aromatic nitrogens is 5. The van der Waals surface area contributed by atoms with Crippen LogP contribution in [-0.4, -0.2) is 63.4 Å². The Labute approximate surface area is 234 Å². The Hall–Kier alpha value is -4.23. The van der Waals surface area contributed by atoms with Gasteiger partial charge in [0.25, 0.3) is 11.8 Å². The van der Waals surface area contributed by atoms with Crippen LogP contribution in [0, 0.1) is 12.7 Å². The molecule has 0 saturated carbocycles. The molecule has 2 aromatic heterocycles. The minimum absolute atomic E-state index is 0.0248. The van der Waals surface area contributed by atoms with Gasteiger partial charge in [0.2, 0.25) is 0 Å². The number of carbonyl (C=O) groups is 1. The van der Waals surface area contributed by atoms with Gasteiger partial charge in [-0.3, -0.25) is 14.4 Å². The van der Waals surface area contributed by atoms with E-state index in [2.05, 4.69) is 20.7 Å². The molecule has 1 amide bonds. The van der Waals surface area contributed by atoms with E-state index in [0.29, 0.717) is 29.2 Å². The molecule has 1 aliphatic rings. The maximum Gasteiger partial charge on any atom is 0.285 e. The Morgan fingerprint density at radius 3 is 2.68 bits per heavy atom. The van der Waals surface area contributed by atoms with Crippen LogP contribution < -0.4 is 10.1 Å². The summed E-state index contributed by atoms with van der Waals surface area (Å²) in [5.74, 6) is -4.01. The standard InChI is InChI=1S/C28H30F3N7O3/c1-17-11-38(35-33-17)24-7-8-25(41-4)26(29)20(24)10-32-27(39)21-14-37(34-23(21)15-40-3)12-18-5-6-22-19(9-18)13-36(2)16-28(22,30)31/h5-9,11,14H,10,12-13,15-16H2,1-4H3,(H,32,39). The Morgan fingerprint density at radius 1 is 1.17 bits per heavy atom. The number of rotatable bonds is 9. The van der Waals surface area contributed by atoms with Crippen molar-refractivity contribution >= 4 is 5.91 Å². The van der Waals surface area contributed by atoms with E-state index in [1.54, 1.807) is 54.1 Å². The molecule has 0 fully saturated rings. The van der Waals surface area contributed by atoms with Crippen molar-refractivity contribution in [2.45, 2.75) is 39.1 Å². The van der Waals surface area contributed by atoms with Crippen molar-refractivity contribution < 1.29 is 27.4 Å². The van der Waals surface area contributed by atoms with E-state index in [4.69, 9.17) is 9.47 Å². The zero-order chi connectivity index (χ0) is 29.3. The van der Waals surface area contributed by atoms with Crippen molar-refractivity contribution in [3.8, 4) is 11.4 Å². The lowest BCUT2D eigenvalue weighted by Crippen LogP contribution is -2.38. The number of ether oxygens (including phenoxy) is 2. The minimum Gasteiger partial charge on any atom is -0.494 e. The third kappa shape index (κ3) is 5.81. The number of hydrogen-bond acceptors (Lipinski definition) is 7. The van der Waals surface area contributed by atoms with E-state index in [1.807, 2.05) is 0 Å². The van der Waals surface area contributed by atoms with E-state index in [0.717, 1.165) is 5.56 Å². The first-order valence-electron chi connectivity index (χ1n) is 12.9. The first kappa shape index (κ1) is 28.3. The Bertz CT molecular complexity index is 1580. The predicted octanol–water partition coefficient (Wildman–Crippen LogP) is 3.58. The van der Waals surface area contributed by atoms with Crippen LogP contribution in [0.3, 0.4) is 0 Å². The number of hydrogen-bond donors (Lipinski definition) is 1. The van der Waals surface area contributed by atoms with Gasteiger partial charge in [-0.25, -0.2) is 9.07 Å². The Kier molecular flexibility index (Phi) is 7.82. The molecule has 0 spiro atoms. The number of nitrogens with one attached hydrogen (secondary N) is 1. The molecule has 4 aromatic rings. The summed E-state index contributed by atoms with van der Waals surface area (Å²) < 4.78 is 57.6. The van der Waals surface area contributed by atoms with E-state index in [1.165, 1.54) is 31.0 Å². The van der Waals surface area contributed by atoms with Gasteiger partial charge in [-0.1, -0.05) is 23.4 Å². The van der Waals surface area contributed by atoms with Crippen molar-refractivity contribution in [3.05, 3.63) is 87.7 Å². The van der Waals surface area contributed by atoms with Crippen molar-refractivity contribution in [2.75, 3.05) is 27.8 Å². The SMILES string of the molecule is COCc1nn(Cc2ccc3c(c2)CN(C)CC3(F)F)cc1C(=O)NCc1c(-n2cc(C)nn2)ccc(OC)c1F. The molecule has 1 N–H and O–H groups in total. The molecule has 2 aromatic carbocycles. The highest BCUT2D eigenvalue weighted by molar-refractivity contribution is 5.95. The minimum atomic E-state index is -2.92. The summed E-state index contributed by atoms with van der Waals surface area (Å²) in [5, 5.41) is 15.2. The average molecular weight is 570 g/mol. The quantitative estimate of drug-likeness (QED) is 0.329. The van der Waals surface area contributed by atoms with Crippen LogP contribution in [0.1, 0.15) is 44.0 Å². The molecule has 0 radical (unpaired) electrons. The van der Waals surface area contributed by atoms with E-state index < -0.39 is 17.6 Å². The maximum atomic E-state index is 15.3. The summed E-state index contributed by atoms with van der Waals surface area (Å²) in [4.78, 5) is 14.9.